The second kappa shape index (κ2) is 8.25. The van der Waals surface area contributed by atoms with Crippen molar-refractivity contribution in [1.29, 1.82) is 0 Å². The number of amides is 1. The van der Waals surface area contributed by atoms with Crippen LogP contribution in [-0.2, 0) is 23.9 Å². The van der Waals surface area contributed by atoms with Gasteiger partial charge in [0.2, 0.25) is 5.91 Å². The van der Waals surface area contributed by atoms with Gasteiger partial charge in [-0.25, -0.2) is 4.79 Å². The van der Waals surface area contributed by atoms with Crippen LogP contribution >= 0.6 is 0 Å². The molecule has 0 bridgehead atoms. The molecule has 6 heteroatoms. The first kappa shape index (κ1) is 19.6. The van der Waals surface area contributed by atoms with E-state index in [0.29, 0.717) is 0 Å². The van der Waals surface area contributed by atoms with Crippen LogP contribution in [0.1, 0.15) is 30.4 Å². The lowest BCUT2D eigenvalue weighted by atomic mass is 9.94. The molecule has 0 radical (unpaired) electrons. The van der Waals surface area contributed by atoms with Gasteiger partial charge in [-0.3, -0.25) is 9.59 Å². The van der Waals surface area contributed by atoms with E-state index in [1.807, 2.05) is 48.5 Å². The van der Waals surface area contributed by atoms with Crippen molar-refractivity contribution < 1.29 is 23.9 Å². The molecule has 0 fully saturated rings. The summed E-state index contributed by atoms with van der Waals surface area (Å²) in [6.45, 7) is 1.65. The number of hydrogen-bond acceptors (Lipinski definition) is 5. The molecule has 0 heterocycles. The van der Waals surface area contributed by atoms with Gasteiger partial charge >= 0.3 is 11.9 Å². The fraction of sp³-hybridized carbons (Fsp3) is 0.318. The van der Waals surface area contributed by atoms with Crippen LogP contribution in [0.4, 0.5) is 0 Å². The van der Waals surface area contributed by atoms with Gasteiger partial charge in [0.15, 0.2) is 0 Å². The highest BCUT2D eigenvalue weighted by atomic mass is 16.5. The highest BCUT2D eigenvalue weighted by Crippen LogP contribution is 2.44. The standard InChI is InChI=1S/C22H23NO5/c1-13(21(25)27-2)12-18(22(26)28-3)23-20(24)19-16-10-6-4-8-14(16)15-9-5-7-11-17(15)19/h4-11,13,18-19H,12H2,1-3H3,(H,23,24)/t13-,18-/m0/s1. The minimum atomic E-state index is -0.938. The van der Waals surface area contributed by atoms with E-state index in [1.54, 1.807) is 6.92 Å². The SMILES string of the molecule is COC(=O)[C@H](C[C@H](C)C(=O)OC)NC(=O)C1c2ccccc2-c2ccccc21. The van der Waals surface area contributed by atoms with Crippen molar-refractivity contribution in [2.45, 2.75) is 25.3 Å². The van der Waals surface area contributed by atoms with Crippen molar-refractivity contribution in [2.24, 2.45) is 5.92 Å². The van der Waals surface area contributed by atoms with E-state index >= 15 is 0 Å². The summed E-state index contributed by atoms with van der Waals surface area (Å²) in [5, 5.41) is 2.78. The van der Waals surface area contributed by atoms with Crippen molar-refractivity contribution in [3.63, 3.8) is 0 Å². The lowest BCUT2D eigenvalue weighted by molar-refractivity contribution is -0.148. The van der Waals surface area contributed by atoms with Gasteiger partial charge in [-0.05, 0) is 28.7 Å². The molecular weight excluding hydrogens is 358 g/mol. The van der Waals surface area contributed by atoms with Crippen LogP contribution in [0.5, 0.6) is 0 Å². The predicted octanol–water partition coefficient (Wildman–Crippen LogP) is 2.66. The van der Waals surface area contributed by atoms with Crippen LogP contribution in [0.2, 0.25) is 0 Å². The van der Waals surface area contributed by atoms with E-state index in [4.69, 9.17) is 9.47 Å². The first-order valence-corrected chi connectivity index (χ1v) is 9.12. The van der Waals surface area contributed by atoms with E-state index in [2.05, 4.69) is 5.32 Å². The van der Waals surface area contributed by atoms with Crippen molar-refractivity contribution in [3.05, 3.63) is 59.7 Å². The zero-order valence-corrected chi connectivity index (χ0v) is 16.1. The normalized spacial score (nSPS) is 14.4. The van der Waals surface area contributed by atoms with Crippen molar-refractivity contribution >= 4 is 17.8 Å². The molecule has 2 aromatic carbocycles. The average Bonchev–Trinajstić information content (AvgIpc) is 3.06. The highest BCUT2D eigenvalue weighted by molar-refractivity contribution is 5.97. The number of esters is 2. The topological polar surface area (TPSA) is 81.7 Å². The molecule has 2 aromatic rings. The van der Waals surface area contributed by atoms with Gasteiger partial charge < -0.3 is 14.8 Å². The Hall–Kier alpha value is -3.15. The quantitative estimate of drug-likeness (QED) is 0.778. The average molecular weight is 381 g/mol. The number of methoxy groups -OCH3 is 2. The summed E-state index contributed by atoms with van der Waals surface area (Å²) in [4.78, 5) is 37.1. The Kier molecular flexibility index (Phi) is 5.78. The number of rotatable bonds is 6. The van der Waals surface area contributed by atoms with Crippen LogP contribution in [0.15, 0.2) is 48.5 Å². The summed E-state index contributed by atoms with van der Waals surface area (Å²) >= 11 is 0. The maximum absolute atomic E-state index is 13.2. The Balaban J connectivity index is 1.88. The number of carbonyl (C=O) groups excluding carboxylic acids is 3. The Morgan fingerprint density at radius 1 is 0.893 bits per heavy atom. The number of ether oxygens (including phenoxy) is 2. The minimum Gasteiger partial charge on any atom is -0.469 e. The molecule has 1 amide bonds. The maximum Gasteiger partial charge on any atom is 0.328 e. The van der Waals surface area contributed by atoms with Crippen molar-refractivity contribution in [2.75, 3.05) is 14.2 Å². The summed E-state index contributed by atoms with van der Waals surface area (Å²) in [6, 6.07) is 14.5. The van der Waals surface area contributed by atoms with E-state index < -0.39 is 29.8 Å². The van der Waals surface area contributed by atoms with Gasteiger partial charge in [0.25, 0.3) is 0 Å². The van der Waals surface area contributed by atoms with Gasteiger partial charge in [0.1, 0.15) is 6.04 Å². The van der Waals surface area contributed by atoms with Crippen molar-refractivity contribution in [1.82, 2.24) is 5.32 Å². The fourth-order valence-corrected chi connectivity index (χ4v) is 3.70. The third-order valence-corrected chi connectivity index (χ3v) is 5.09. The molecule has 0 aromatic heterocycles. The van der Waals surface area contributed by atoms with Crippen LogP contribution in [0.25, 0.3) is 11.1 Å². The summed E-state index contributed by atoms with van der Waals surface area (Å²) in [7, 11) is 2.54. The summed E-state index contributed by atoms with van der Waals surface area (Å²) in [5.74, 6) is -2.42. The molecule has 6 nitrogen and oxygen atoms in total. The van der Waals surface area contributed by atoms with Gasteiger partial charge in [0, 0.05) is 0 Å². The Labute approximate surface area is 163 Å². The van der Waals surface area contributed by atoms with Crippen molar-refractivity contribution in [3.8, 4) is 11.1 Å². The third-order valence-electron chi connectivity index (χ3n) is 5.09. The molecule has 0 unspecified atom stereocenters. The summed E-state index contributed by atoms with van der Waals surface area (Å²) < 4.78 is 9.54. The van der Waals surface area contributed by atoms with E-state index in [1.165, 1.54) is 14.2 Å². The third kappa shape index (κ3) is 3.63. The molecule has 1 N–H and O–H groups in total. The molecule has 0 aliphatic heterocycles. The zero-order chi connectivity index (χ0) is 20.3. The molecular formula is C22H23NO5. The highest BCUT2D eigenvalue weighted by Gasteiger charge is 2.36. The monoisotopic (exact) mass is 381 g/mol. The number of hydrogen-bond donors (Lipinski definition) is 1. The van der Waals surface area contributed by atoms with E-state index in [9.17, 15) is 14.4 Å². The van der Waals surface area contributed by atoms with Gasteiger partial charge in [0.05, 0.1) is 26.1 Å². The molecule has 1 aliphatic carbocycles. The van der Waals surface area contributed by atoms with Crippen LogP contribution in [0.3, 0.4) is 0 Å². The van der Waals surface area contributed by atoms with Gasteiger partial charge in [-0.2, -0.15) is 0 Å². The second-order valence-electron chi connectivity index (χ2n) is 6.85. The Morgan fingerprint density at radius 3 is 1.89 bits per heavy atom. The smallest absolute Gasteiger partial charge is 0.328 e. The molecule has 2 atom stereocenters. The lowest BCUT2D eigenvalue weighted by Gasteiger charge is -2.22. The van der Waals surface area contributed by atoms with Gasteiger partial charge in [-0.15, -0.1) is 0 Å². The molecule has 28 heavy (non-hydrogen) atoms. The first-order chi connectivity index (χ1) is 13.5. The maximum atomic E-state index is 13.2. The van der Waals surface area contributed by atoms with E-state index in [-0.39, 0.29) is 12.3 Å². The molecule has 0 spiro atoms. The molecule has 1 aliphatic rings. The Morgan fingerprint density at radius 2 is 1.39 bits per heavy atom. The Bertz CT molecular complexity index is 862. The number of fused-ring (bicyclic) bond motifs is 3. The number of carbonyl (C=O) groups is 3. The lowest BCUT2D eigenvalue weighted by Crippen LogP contribution is -2.45. The van der Waals surface area contributed by atoms with Crippen LogP contribution in [-0.4, -0.2) is 38.1 Å². The molecule has 0 saturated carbocycles. The predicted molar refractivity (Wildman–Crippen MR) is 103 cm³/mol. The molecule has 146 valence electrons. The molecule has 0 saturated heterocycles. The van der Waals surface area contributed by atoms with Crippen LogP contribution in [0, 0.1) is 5.92 Å². The fourth-order valence-electron chi connectivity index (χ4n) is 3.70. The molecule has 3 rings (SSSR count). The zero-order valence-electron chi connectivity index (χ0n) is 16.1. The second-order valence-corrected chi connectivity index (χ2v) is 6.85. The first-order valence-electron chi connectivity index (χ1n) is 9.12. The summed E-state index contributed by atoms with van der Waals surface area (Å²) in [5.41, 5.74) is 3.81. The minimum absolute atomic E-state index is 0.0983. The van der Waals surface area contributed by atoms with Crippen LogP contribution < -0.4 is 5.32 Å². The van der Waals surface area contributed by atoms with Gasteiger partial charge in [-0.1, -0.05) is 55.5 Å². The number of benzene rings is 2. The van der Waals surface area contributed by atoms with E-state index in [0.717, 1.165) is 22.3 Å². The number of nitrogens with one attached hydrogen (secondary N) is 1. The summed E-state index contributed by atoms with van der Waals surface area (Å²) in [6.07, 6.45) is 0.0983. The largest absolute Gasteiger partial charge is 0.469 e.